The molecule has 0 aliphatic carbocycles. The zero-order valence-electron chi connectivity index (χ0n) is 21.6. The summed E-state index contributed by atoms with van der Waals surface area (Å²) in [7, 11) is 1.54. The van der Waals surface area contributed by atoms with Gasteiger partial charge in [0.15, 0.2) is 17.2 Å². The van der Waals surface area contributed by atoms with Crippen molar-refractivity contribution in [3.63, 3.8) is 0 Å². The van der Waals surface area contributed by atoms with Crippen molar-refractivity contribution in [2.45, 2.75) is 32.8 Å². The molecule has 0 radical (unpaired) electrons. The Balaban J connectivity index is 1.53. The third kappa shape index (κ3) is 4.80. The predicted octanol–water partition coefficient (Wildman–Crippen LogP) is 5.76. The molecule has 2 aromatic carbocycles. The molecule has 0 bridgehead atoms. The van der Waals surface area contributed by atoms with E-state index in [9.17, 15) is 4.79 Å². The molecule has 1 amide bonds. The molecule has 10 heteroatoms. The molecule has 8 nitrogen and oxygen atoms in total. The number of carbonyl (C=O) groups is 1. The first-order chi connectivity index (χ1) is 18.2. The number of alkyl carbamates (subject to hydrolysis) is 1. The minimum absolute atomic E-state index is 0.0632. The quantitative estimate of drug-likeness (QED) is 0.301. The van der Waals surface area contributed by atoms with E-state index >= 15 is 4.39 Å². The first kappa shape index (κ1) is 25.6. The number of halogens is 1. The molecule has 1 aliphatic heterocycles. The minimum Gasteiger partial charge on any atom is -0.480 e. The normalized spacial score (nSPS) is 16.3. The summed E-state index contributed by atoms with van der Waals surface area (Å²) < 4.78 is 32.6. The van der Waals surface area contributed by atoms with E-state index in [-0.39, 0.29) is 18.2 Å². The number of nitrogens with zero attached hydrogens (tertiary/aromatic N) is 3. The molecule has 0 saturated heterocycles. The van der Waals surface area contributed by atoms with Crippen LogP contribution in [-0.2, 0) is 11.2 Å². The fraction of sp³-hybridized carbons (Fsp3) is 0.321. The van der Waals surface area contributed by atoms with Crippen LogP contribution in [0.1, 0.15) is 25.0 Å². The van der Waals surface area contributed by atoms with Gasteiger partial charge in [-0.3, -0.25) is 0 Å². The lowest BCUT2D eigenvalue weighted by molar-refractivity contribution is 0.111. The van der Waals surface area contributed by atoms with Crippen molar-refractivity contribution in [2.24, 2.45) is 5.92 Å². The zero-order valence-corrected chi connectivity index (χ0v) is 22.4. The molecule has 0 spiro atoms. The Morgan fingerprint density at radius 3 is 2.89 bits per heavy atom. The van der Waals surface area contributed by atoms with Gasteiger partial charge in [0, 0.05) is 29.7 Å². The maximum absolute atomic E-state index is 15.3. The summed E-state index contributed by atoms with van der Waals surface area (Å²) in [5.41, 5.74) is 6.03. The van der Waals surface area contributed by atoms with Crippen molar-refractivity contribution in [1.82, 2.24) is 20.3 Å². The van der Waals surface area contributed by atoms with Crippen LogP contribution in [0, 0.1) is 18.7 Å². The second-order valence-electron chi connectivity index (χ2n) is 9.66. The lowest BCUT2D eigenvalue weighted by atomic mass is 9.96. The van der Waals surface area contributed by atoms with Crippen molar-refractivity contribution in [2.75, 3.05) is 20.3 Å². The van der Waals surface area contributed by atoms with E-state index in [1.54, 1.807) is 19.4 Å². The number of nitrogens with one attached hydrogen (secondary N) is 1. The van der Waals surface area contributed by atoms with Crippen molar-refractivity contribution in [1.29, 1.82) is 0 Å². The van der Waals surface area contributed by atoms with E-state index < -0.39 is 17.5 Å². The van der Waals surface area contributed by atoms with E-state index in [2.05, 4.69) is 27.6 Å². The molecule has 0 fully saturated rings. The smallest absolute Gasteiger partial charge is 0.407 e. The second kappa shape index (κ2) is 10.0. The molecular weight excluding hydrogens is 507 g/mol. The van der Waals surface area contributed by atoms with Crippen LogP contribution in [0.15, 0.2) is 42.8 Å². The summed E-state index contributed by atoms with van der Waals surface area (Å²) in [6.45, 7) is 9.89. The van der Waals surface area contributed by atoms with Gasteiger partial charge in [-0.05, 0) is 30.5 Å². The molecule has 1 atom stereocenters. The molecular formula is C28H27FN4O4S. The Morgan fingerprint density at radius 2 is 2.16 bits per heavy atom. The van der Waals surface area contributed by atoms with E-state index in [0.717, 1.165) is 15.8 Å². The van der Waals surface area contributed by atoms with E-state index in [1.165, 1.54) is 17.4 Å². The molecule has 38 heavy (non-hydrogen) atoms. The molecule has 0 unspecified atom stereocenters. The van der Waals surface area contributed by atoms with Crippen molar-refractivity contribution in [3.05, 3.63) is 59.7 Å². The Hall–Kier alpha value is -4.01. The number of ether oxygens (including phenoxy) is 3. The first-order valence-electron chi connectivity index (χ1n) is 12.1. The van der Waals surface area contributed by atoms with Gasteiger partial charge in [-0.1, -0.05) is 20.4 Å². The third-order valence-electron chi connectivity index (χ3n) is 6.12. The number of thiazole rings is 1. The average Bonchev–Trinajstić information content (AvgIpc) is 3.48. The van der Waals surface area contributed by atoms with E-state index in [0.29, 0.717) is 46.0 Å². The maximum Gasteiger partial charge on any atom is 0.407 e. The number of carbonyl (C=O) groups excluding carboxylic acids is 1. The van der Waals surface area contributed by atoms with Crippen LogP contribution in [0.2, 0.25) is 0 Å². The number of fused-ring (bicyclic) bond motifs is 4. The molecule has 1 N–H and O–H groups in total. The van der Waals surface area contributed by atoms with Crippen LogP contribution in [0.3, 0.4) is 0 Å². The molecule has 1 aliphatic rings. The second-order valence-corrected chi connectivity index (χ2v) is 10.7. The highest BCUT2D eigenvalue weighted by Crippen LogP contribution is 2.46. The van der Waals surface area contributed by atoms with Gasteiger partial charge in [0.05, 0.1) is 47.7 Å². The molecule has 4 aromatic rings. The van der Waals surface area contributed by atoms with E-state index in [4.69, 9.17) is 19.2 Å². The van der Waals surface area contributed by atoms with Crippen LogP contribution in [0.4, 0.5) is 9.18 Å². The van der Waals surface area contributed by atoms with Crippen molar-refractivity contribution >= 4 is 38.7 Å². The summed E-state index contributed by atoms with van der Waals surface area (Å²) in [6, 6.07) is 5.30. The van der Waals surface area contributed by atoms with Crippen LogP contribution in [0.5, 0.6) is 11.6 Å². The number of benzene rings is 2. The van der Waals surface area contributed by atoms with Crippen molar-refractivity contribution < 1.29 is 23.4 Å². The van der Waals surface area contributed by atoms with Crippen LogP contribution < -0.4 is 14.8 Å². The Kier molecular flexibility index (Phi) is 6.77. The summed E-state index contributed by atoms with van der Waals surface area (Å²) >= 11 is 1.43. The fourth-order valence-electron chi connectivity index (χ4n) is 4.44. The minimum atomic E-state index is -1.06. The molecule has 2 aromatic heterocycles. The van der Waals surface area contributed by atoms with E-state index in [1.807, 2.05) is 32.9 Å². The van der Waals surface area contributed by atoms with Crippen LogP contribution in [0.25, 0.3) is 31.8 Å². The lowest BCUT2D eigenvalue weighted by Crippen LogP contribution is -2.45. The number of rotatable bonds is 7. The first-order valence-corrected chi connectivity index (χ1v) is 12.9. The number of methoxy groups -OCH3 is 1. The molecule has 3 heterocycles. The third-order valence-corrected chi connectivity index (χ3v) is 7.28. The number of aryl methyl sites for hydroxylation is 1. The highest BCUT2D eigenvalue weighted by molar-refractivity contribution is 7.22. The largest absolute Gasteiger partial charge is 0.480 e. The summed E-state index contributed by atoms with van der Waals surface area (Å²) in [5.74, 6) is 0.236. The topological polar surface area (TPSA) is 95.5 Å². The summed E-state index contributed by atoms with van der Waals surface area (Å²) in [4.78, 5) is 26.0. The molecule has 196 valence electrons. The lowest BCUT2D eigenvalue weighted by Gasteiger charge is -2.24. The SMILES string of the molecule is C=C=C[C@@]1(CNC(=O)OCC(C)C)Cc2c(c(F)cc3nc(-c4cc(C)cc5nc(OC)cnc45)sc23)O1. The Bertz CT molecular complexity index is 1610. The summed E-state index contributed by atoms with van der Waals surface area (Å²) in [5, 5.41) is 3.42. The number of hydrogen-bond acceptors (Lipinski definition) is 8. The maximum atomic E-state index is 15.3. The molecule has 5 rings (SSSR count). The van der Waals surface area contributed by atoms with Crippen molar-refractivity contribution in [3.8, 4) is 22.2 Å². The van der Waals surface area contributed by atoms with Gasteiger partial charge in [0.25, 0.3) is 0 Å². The Labute approximate surface area is 223 Å². The monoisotopic (exact) mass is 534 g/mol. The van der Waals surface area contributed by atoms with Gasteiger partial charge < -0.3 is 19.5 Å². The fourth-order valence-corrected chi connectivity index (χ4v) is 5.54. The molecule has 0 saturated carbocycles. The van der Waals surface area contributed by atoms with Gasteiger partial charge >= 0.3 is 6.09 Å². The van der Waals surface area contributed by atoms with Crippen LogP contribution in [-0.4, -0.2) is 46.9 Å². The van der Waals surface area contributed by atoms with Gasteiger partial charge in [-0.25, -0.2) is 24.1 Å². The number of hydrogen-bond donors (Lipinski definition) is 1. The number of aromatic nitrogens is 3. The highest BCUT2D eigenvalue weighted by Gasteiger charge is 2.41. The van der Waals surface area contributed by atoms with Gasteiger partial charge in [-0.2, -0.15) is 0 Å². The van der Waals surface area contributed by atoms with Gasteiger partial charge in [-0.15, -0.1) is 17.1 Å². The van der Waals surface area contributed by atoms with Gasteiger partial charge in [0.2, 0.25) is 5.88 Å². The van der Waals surface area contributed by atoms with Crippen LogP contribution >= 0.6 is 11.3 Å². The standard InChI is InChI=1S/C28H27FN4O4S/c1-6-7-28(14-31-27(34)36-13-15(2)3)11-18-24(37-28)19(29)10-21-25(18)38-26(33-21)17-8-16(4)9-20-23(17)30-12-22(32-20)35-5/h7-10,12,15H,1,11,13-14H2,2-5H3,(H,31,34)/t28-/m0/s1. The average molecular weight is 535 g/mol. The Morgan fingerprint density at radius 1 is 1.34 bits per heavy atom. The number of amides is 1. The predicted molar refractivity (Wildman–Crippen MR) is 144 cm³/mol. The summed E-state index contributed by atoms with van der Waals surface area (Å²) in [6.07, 6.45) is 2.91. The highest BCUT2D eigenvalue weighted by atomic mass is 32.1. The van der Waals surface area contributed by atoms with Gasteiger partial charge in [0.1, 0.15) is 5.01 Å². The zero-order chi connectivity index (χ0) is 27.0.